The van der Waals surface area contributed by atoms with Crippen LogP contribution in [0, 0.1) is 5.82 Å². The molecule has 3 N–H and O–H groups in total. The van der Waals surface area contributed by atoms with Crippen molar-refractivity contribution in [3.63, 3.8) is 0 Å². The van der Waals surface area contributed by atoms with Crippen LogP contribution in [0.2, 0.25) is 5.02 Å². The molecule has 0 saturated heterocycles. The standard InChI is InChI=1S/C19H20ClFN6O3/c1-2-30-17(29)10-27-9-12(7-23-27)24-19-22-8-14(20)18(26-19)25-16(11-28)13-5-3-4-6-15(13)21/h3-9,16,28H,2,10-11H2,1H3,(H2,22,24,25,26)/t16-/m1/s1. The number of aliphatic hydroxyl groups is 1. The third-order valence-corrected chi connectivity index (χ3v) is 4.28. The Morgan fingerprint density at radius 3 is 2.90 bits per heavy atom. The van der Waals surface area contributed by atoms with Gasteiger partial charge in [0.25, 0.3) is 0 Å². The minimum atomic E-state index is -0.751. The lowest BCUT2D eigenvalue weighted by atomic mass is 10.1. The van der Waals surface area contributed by atoms with Gasteiger partial charge < -0.3 is 20.5 Å². The van der Waals surface area contributed by atoms with E-state index in [4.69, 9.17) is 16.3 Å². The Morgan fingerprint density at radius 1 is 1.37 bits per heavy atom. The number of rotatable bonds is 9. The number of aliphatic hydroxyl groups excluding tert-OH is 1. The fourth-order valence-corrected chi connectivity index (χ4v) is 2.80. The zero-order valence-electron chi connectivity index (χ0n) is 16.0. The molecule has 0 amide bonds. The number of nitrogens with one attached hydrogen (secondary N) is 2. The van der Waals surface area contributed by atoms with Gasteiger partial charge in [-0.05, 0) is 13.0 Å². The zero-order valence-corrected chi connectivity index (χ0v) is 16.8. The summed E-state index contributed by atoms with van der Waals surface area (Å²) in [5, 5.41) is 19.8. The van der Waals surface area contributed by atoms with Gasteiger partial charge in [0.2, 0.25) is 5.95 Å². The van der Waals surface area contributed by atoms with E-state index in [1.807, 2.05) is 0 Å². The van der Waals surface area contributed by atoms with Crippen LogP contribution in [-0.4, -0.2) is 44.0 Å². The first-order valence-electron chi connectivity index (χ1n) is 9.09. The summed E-state index contributed by atoms with van der Waals surface area (Å²) in [4.78, 5) is 19.9. The van der Waals surface area contributed by atoms with Crippen molar-refractivity contribution in [1.29, 1.82) is 0 Å². The molecular formula is C19H20ClFN6O3. The second-order valence-electron chi connectivity index (χ2n) is 6.15. The molecule has 2 aromatic heterocycles. The van der Waals surface area contributed by atoms with Crippen LogP contribution in [0.1, 0.15) is 18.5 Å². The molecule has 0 spiro atoms. The zero-order chi connectivity index (χ0) is 21.5. The average Bonchev–Trinajstić information content (AvgIpc) is 3.15. The largest absolute Gasteiger partial charge is 0.465 e. The van der Waals surface area contributed by atoms with Gasteiger partial charge in [-0.15, -0.1) is 0 Å². The van der Waals surface area contributed by atoms with E-state index in [-0.39, 0.29) is 35.5 Å². The fraction of sp³-hybridized carbons (Fsp3) is 0.263. The highest BCUT2D eigenvalue weighted by Gasteiger charge is 2.17. The topological polar surface area (TPSA) is 114 Å². The summed E-state index contributed by atoms with van der Waals surface area (Å²) < 4.78 is 20.4. The lowest BCUT2D eigenvalue weighted by Gasteiger charge is -2.19. The summed E-state index contributed by atoms with van der Waals surface area (Å²) in [6.45, 7) is 1.63. The number of carbonyl (C=O) groups excluding carboxylic acids is 1. The molecule has 9 nitrogen and oxygen atoms in total. The predicted octanol–water partition coefficient (Wildman–Crippen LogP) is 2.92. The van der Waals surface area contributed by atoms with Crippen molar-refractivity contribution in [3.8, 4) is 0 Å². The van der Waals surface area contributed by atoms with Crippen LogP contribution in [0.25, 0.3) is 0 Å². The van der Waals surface area contributed by atoms with Gasteiger partial charge in [-0.2, -0.15) is 10.1 Å². The van der Waals surface area contributed by atoms with Crippen LogP contribution in [-0.2, 0) is 16.1 Å². The summed E-state index contributed by atoms with van der Waals surface area (Å²) in [5.74, 6) is -0.440. The van der Waals surface area contributed by atoms with Crippen LogP contribution in [0.15, 0.2) is 42.9 Å². The molecule has 0 unspecified atom stereocenters. The van der Waals surface area contributed by atoms with E-state index in [1.54, 1.807) is 31.3 Å². The first kappa shape index (κ1) is 21.5. The van der Waals surface area contributed by atoms with Crippen molar-refractivity contribution in [3.05, 3.63) is 59.3 Å². The van der Waals surface area contributed by atoms with Crippen molar-refractivity contribution in [2.75, 3.05) is 23.8 Å². The molecule has 0 aliphatic rings. The number of aromatic nitrogens is 4. The van der Waals surface area contributed by atoms with Crippen molar-refractivity contribution in [1.82, 2.24) is 19.7 Å². The Hall–Kier alpha value is -3.24. The van der Waals surface area contributed by atoms with Crippen LogP contribution >= 0.6 is 11.6 Å². The van der Waals surface area contributed by atoms with Gasteiger partial charge in [-0.1, -0.05) is 29.8 Å². The summed E-state index contributed by atoms with van der Waals surface area (Å²) in [7, 11) is 0. The second-order valence-corrected chi connectivity index (χ2v) is 6.55. The number of carbonyl (C=O) groups is 1. The smallest absolute Gasteiger partial charge is 0.327 e. The number of halogens is 2. The quantitative estimate of drug-likeness (QED) is 0.440. The lowest BCUT2D eigenvalue weighted by molar-refractivity contribution is -0.144. The van der Waals surface area contributed by atoms with Crippen molar-refractivity contribution in [2.24, 2.45) is 0 Å². The minimum absolute atomic E-state index is 0.0232. The molecule has 30 heavy (non-hydrogen) atoms. The summed E-state index contributed by atoms with van der Waals surface area (Å²) in [6.07, 6.45) is 4.47. The highest BCUT2D eigenvalue weighted by atomic mass is 35.5. The normalized spacial score (nSPS) is 11.7. The summed E-state index contributed by atoms with van der Waals surface area (Å²) in [6, 6.07) is 5.36. The molecule has 2 heterocycles. The van der Waals surface area contributed by atoms with E-state index < -0.39 is 17.8 Å². The molecule has 158 valence electrons. The SMILES string of the molecule is CCOC(=O)Cn1cc(Nc2ncc(Cl)c(N[C@H](CO)c3ccccc3F)n2)cn1. The number of hydrogen-bond donors (Lipinski definition) is 3. The van der Waals surface area contributed by atoms with Gasteiger partial charge in [-0.3, -0.25) is 9.48 Å². The van der Waals surface area contributed by atoms with Crippen LogP contribution in [0.5, 0.6) is 0 Å². The third-order valence-electron chi connectivity index (χ3n) is 4.00. The average molecular weight is 435 g/mol. The number of hydrogen-bond acceptors (Lipinski definition) is 8. The van der Waals surface area contributed by atoms with Gasteiger partial charge in [0, 0.05) is 11.8 Å². The minimum Gasteiger partial charge on any atom is -0.465 e. The molecule has 0 aliphatic heterocycles. The Balaban J connectivity index is 1.73. The molecular weight excluding hydrogens is 415 g/mol. The van der Waals surface area contributed by atoms with E-state index in [0.717, 1.165) is 0 Å². The van der Waals surface area contributed by atoms with Crippen LogP contribution < -0.4 is 10.6 Å². The maximum atomic E-state index is 14.1. The van der Waals surface area contributed by atoms with E-state index >= 15 is 0 Å². The van der Waals surface area contributed by atoms with Crippen molar-refractivity contribution in [2.45, 2.75) is 19.5 Å². The van der Waals surface area contributed by atoms with Gasteiger partial charge in [-0.25, -0.2) is 9.37 Å². The monoisotopic (exact) mass is 434 g/mol. The predicted molar refractivity (Wildman–Crippen MR) is 109 cm³/mol. The molecule has 0 aliphatic carbocycles. The van der Waals surface area contributed by atoms with Crippen molar-refractivity contribution >= 4 is 35.0 Å². The lowest BCUT2D eigenvalue weighted by Crippen LogP contribution is -2.17. The van der Waals surface area contributed by atoms with Gasteiger partial charge >= 0.3 is 5.97 Å². The summed E-state index contributed by atoms with van der Waals surface area (Å²) in [5.41, 5.74) is 0.824. The highest BCUT2D eigenvalue weighted by molar-refractivity contribution is 6.32. The first-order chi connectivity index (χ1) is 14.5. The summed E-state index contributed by atoms with van der Waals surface area (Å²) >= 11 is 6.16. The Bertz CT molecular complexity index is 1020. The van der Waals surface area contributed by atoms with E-state index in [0.29, 0.717) is 12.3 Å². The van der Waals surface area contributed by atoms with E-state index in [2.05, 4.69) is 25.7 Å². The molecule has 0 saturated carbocycles. The Kier molecular flexibility index (Phi) is 7.15. The van der Waals surface area contributed by atoms with E-state index in [9.17, 15) is 14.3 Å². The third kappa shape index (κ3) is 5.43. The number of esters is 1. The molecule has 3 aromatic rings. The molecule has 0 bridgehead atoms. The number of ether oxygens (including phenoxy) is 1. The van der Waals surface area contributed by atoms with Crippen molar-refractivity contribution < 1.29 is 19.0 Å². The molecule has 1 aromatic carbocycles. The Labute approximate surface area is 176 Å². The maximum absolute atomic E-state index is 14.1. The second kappa shape index (κ2) is 9.99. The van der Waals surface area contributed by atoms with E-state index in [1.165, 1.54) is 23.1 Å². The molecule has 1 atom stereocenters. The molecule has 0 fully saturated rings. The number of benzene rings is 1. The molecule has 0 radical (unpaired) electrons. The van der Waals surface area contributed by atoms with Crippen LogP contribution in [0.4, 0.5) is 21.8 Å². The number of anilines is 3. The molecule has 3 rings (SSSR count). The first-order valence-corrected chi connectivity index (χ1v) is 9.47. The maximum Gasteiger partial charge on any atom is 0.327 e. The number of nitrogens with zero attached hydrogens (tertiary/aromatic N) is 4. The van der Waals surface area contributed by atoms with Gasteiger partial charge in [0.05, 0.1) is 37.3 Å². The highest BCUT2D eigenvalue weighted by Crippen LogP contribution is 2.26. The fourth-order valence-electron chi connectivity index (χ4n) is 2.66. The van der Waals surface area contributed by atoms with Gasteiger partial charge in [0.1, 0.15) is 17.4 Å². The van der Waals surface area contributed by atoms with Gasteiger partial charge in [0.15, 0.2) is 5.82 Å². The Morgan fingerprint density at radius 2 is 2.17 bits per heavy atom. The molecule has 11 heteroatoms. The van der Waals surface area contributed by atoms with Crippen LogP contribution in [0.3, 0.4) is 0 Å².